The summed E-state index contributed by atoms with van der Waals surface area (Å²) in [6.07, 6.45) is -2.46. The van der Waals surface area contributed by atoms with Gasteiger partial charge in [-0.2, -0.15) is 0 Å². The lowest BCUT2D eigenvalue weighted by Gasteiger charge is -2.25. The molecule has 2 unspecified atom stereocenters. The summed E-state index contributed by atoms with van der Waals surface area (Å²) < 4.78 is 24.4. The van der Waals surface area contributed by atoms with Gasteiger partial charge in [0.05, 0.1) is 12.1 Å². The Labute approximate surface area is 89.6 Å². The van der Waals surface area contributed by atoms with E-state index >= 15 is 0 Å². The topological polar surface area (TPSA) is 41.1 Å². The molecule has 0 saturated carbocycles. The van der Waals surface area contributed by atoms with Gasteiger partial charge in [0.1, 0.15) is 0 Å². The third kappa shape index (κ3) is 6.38. The zero-order valence-corrected chi connectivity index (χ0v) is 9.90. The first-order valence-electron chi connectivity index (χ1n) is 4.99. The van der Waals surface area contributed by atoms with Crippen LogP contribution < -0.4 is 10.6 Å². The maximum atomic E-state index is 12.2. The molecule has 15 heavy (non-hydrogen) atoms. The standard InChI is InChI=1S/C10H20F2N2O/c1-6(8(11)12)13-7(2)9(15)14-10(3,4)5/h6-8,13H,1-5H3,(H,14,15). The van der Waals surface area contributed by atoms with Crippen LogP contribution in [-0.4, -0.2) is 30.0 Å². The third-order valence-electron chi connectivity index (χ3n) is 1.78. The summed E-state index contributed by atoms with van der Waals surface area (Å²) in [4.78, 5) is 11.5. The van der Waals surface area contributed by atoms with Crippen molar-refractivity contribution >= 4 is 5.91 Å². The van der Waals surface area contributed by atoms with Crippen molar-refractivity contribution < 1.29 is 13.6 Å². The number of halogens is 2. The third-order valence-corrected chi connectivity index (χ3v) is 1.78. The second kappa shape index (κ2) is 5.39. The average molecular weight is 222 g/mol. The lowest BCUT2D eigenvalue weighted by Crippen LogP contribution is -2.52. The quantitative estimate of drug-likeness (QED) is 0.757. The van der Waals surface area contributed by atoms with E-state index in [9.17, 15) is 13.6 Å². The molecule has 0 spiro atoms. The number of carbonyl (C=O) groups excluding carboxylic acids is 1. The van der Waals surface area contributed by atoms with Gasteiger partial charge in [-0.1, -0.05) is 0 Å². The van der Waals surface area contributed by atoms with E-state index in [1.807, 2.05) is 20.8 Å². The fraction of sp³-hybridized carbons (Fsp3) is 0.900. The Hall–Kier alpha value is -0.710. The normalized spacial score (nSPS) is 16.3. The maximum absolute atomic E-state index is 12.2. The van der Waals surface area contributed by atoms with Crippen LogP contribution >= 0.6 is 0 Å². The Morgan fingerprint density at radius 2 is 1.67 bits per heavy atom. The highest BCUT2D eigenvalue weighted by Crippen LogP contribution is 2.03. The SMILES string of the molecule is CC(NC(C)C(F)F)C(=O)NC(C)(C)C. The Kier molecular flexibility index (Phi) is 5.14. The maximum Gasteiger partial charge on any atom is 0.253 e. The second-order valence-corrected chi connectivity index (χ2v) is 4.75. The van der Waals surface area contributed by atoms with Gasteiger partial charge in [-0.25, -0.2) is 8.78 Å². The fourth-order valence-corrected chi connectivity index (χ4v) is 1.02. The molecule has 1 amide bonds. The van der Waals surface area contributed by atoms with Crippen molar-refractivity contribution in [2.75, 3.05) is 0 Å². The number of hydrogen-bond donors (Lipinski definition) is 2. The fourth-order valence-electron chi connectivity index (χ4n) is 1.02. The van der Waals surface area contributed by atoms with Crippen LogP contribution in [0, 0.1) is 0 Å². The summed E-state index contributed by atoms with van der Waals surface area (Å²) >= 11 is 0. The Balaban J connectivity index is 4.11. The van der Waals surface area contributed by atoms with Gasteiger partial charge in [-0.3, -0.25) is 10.1 Å². The smallest absolute Gasteiger partial charge is 0.253 e. The lowest BCUT2D eigenvalue weighted by atomic mass is 10.1. The van der Waals surface area contributed by atoms with Crippen LogP contribution in [0.4, 0.5) is 8.78 Å². The van der Waals surface area contributed by atoms with Crippen LogP contribution in [0.2, 0.25) is 0 Å². The van der Waals surface area contributed by atoms with Gasteiger partial charge in [0, 0.05) is 5.54 Å². The molecule has 3 nitrogen and oxygen atoms in total. The first-order valence-corrected chi connectivity index (χ1v) is 4.99. The molecular weight excluding hydrogens is 202 g/mol. The minimum atomic E-state index is -2.46. The van der Waals surface area contributed by atoms with E-state index in [1.54, 1.807) is 6.92 Å². The van der Waals surface area contributed by atoms with E-state index < -0.39 is 18.5 Å². The van der Waals surface area contributed by atoms with Crippen molar-refractivity contribution in [3.63, 3.8) is 0 Å². The molecule has 0 aliphatic carbocycles. The molecule has 0 radical (unpaired) electrons. The molecule has 0 aromatic rings. The first-order chi connectivity index (χ1) is 6.63. The molecule has 0 fully saturated rings. The van der Waals surface area contributed by atoms with Crippen LogP contribution in [0.5, 0.6) is 0 Å². The molecule has 0 saturated heterocycles. The van der Waals surface area contributed by atoms with Crippen molar-refractivity contribution in [3.8, 4) is 0 Å². The summed E-state index contributed by atoms with van der Waals surface area (Å²) in [6.45, 7) is 8.45. The predicted octanol–water partition coefficient (Wildman–Crippen LogP) is 1.53. The number of hydrogen-bond acceptors (Lipinski definition) is 2. The van der Waals surface area contributed by atoms with Crippen LogP contribution in [-0.2, 0) is 4.79 Å². The summed E-state index contributed by atoms with van der Waals surface area (Å²) in [5, 5.41) is 5.26. The molecule has 0 rings (SSSR count). The van der Waals surface area contributed by atoms with Gasteiger partial charge in [0.2, 0.25) is 5.91 Å². The summed E-state index contributed by atoms with van der Waals surface area (Å²) in [5.74, 6) is -0.269. The van der Waals surface area contributed by atoms with Gasteiger partial charge in [-0.05, 0) is 34.6 Å². The monoisotopic (exact) mass is 222 g/mol. The van der Waals surface area contributed by atoms with E-state index in [1.165, 1.54) is 6.92 Å². The van der Waals surface area contributed by atoms with Crippen LogP contribution in [0.25, 0.3) is 0 Å². The number of rotatable bonds is 4. The Morgan fingerprint density at radius 3 is 2.00 bits per heavy atom. The van der Waals surface area contributed by atoms with E-state index in [4.69, 9.17) is 0 Å². The minimum Gasteiger partial charge on any atom is -0.350 e. The molecule has 5 heteroatoms. The molecule has 0 aromatic heterocycles. The highest BCUT2D eigenvalue weighted by atomic mass is 19.3. The van der Waals surface area contributed by atoms with Crippen LogP contribution in [0.15, 0.2) is 0 Å². The van der Waals surface area contributed by atoms with Gasteiger partial charge >= 0.3 is 0 Å². The molecule has 0 aliphatic rings. The van der Waals surface area contributed by atoms with E-state index in [-0.39, 0.29) is 11.4 Å². The lowest BCUT2D eigenvalue weighted by molar-refractivity contribution is -0.124. The summed E-state index contributed by atoms with van der Waals surface area (Å²) in [5.41, 5.74) is -0.346. The summed E-state index contributed by atoms with van der Waals surface area (Å²) in [6, 6.07) is -1.60. The van der Waals surface area contributed by atoms with Crippen molar-refractivity contribution in [2.24, 2.45) is 0 Å². The zero-order valence-electron chi connectivity index (χ0n) is 9.90. The minimum absolute atomic E-state index is 0.269. The molecule has 0 aliphatic heterocycles. The largest absolute Gasteiger partial charge is 0.350 e. The molecule has 0 aromatic carbocycles. The van der Waals surface area contributed by atoms with Crippen molar-refractivity contribution in [3.05, 3.63) is 0 Å². The van der Waals surface area contributed by atoms with Crippen LogP contribution in [0.1, 0.15) is 34.6 Å². The van der Waals surface area contributed by atoms with E-state index in [2.05, 4.69) is 10.6 Å². The number of alkyl halides is 2. The molecule has 0 heterocycles. The van der Waals surface area contributed by atoms with E-state index in [0.717, 1.165) is 0 Å². The number of nitrogens with one attached hydrogen (secondary N) is 2. The number of amides is 1. The summed E-state index contributed by atoms with van der Waals surface area (Å²) in [7, 11) is 0. The highest BCUT2D eigenvalue weighted by Gasteiger charge is 2.23. The predicted molar refractivity (Wildman–Crippen MR) is 56.0 cm³/mol. The Morgan fingerprint density at radius 1 is 1.20 bits per heavy atom. The molecule has 90 valence electrons. The average Bonchev–Trinajstić information content (AvgIpc) is 2.00. The molecule has 2 atom stereocenters. The van der Waals surface area contributed by atoms with Crippen molar-refractivity contribution in [2.45, 2.75) is 58.7 Å². The van der Waals surface area contributed by atoms with Gasteiger partial charge in [0.25, 0.3) is 6.43 Å². The first kappa shape index (κ1) is 14.3. The van der Waals surface area contributed by atoms with Gasteiger partial charge in [0.15, 0.2) is 0 Å². The number of carbonyl (C=O) groups is 1. The van der Waals surface area contributed by atoms with E-state index in [0.29, 0.717) is 0 Å². The highest BCUT2D eigenvalue weighted by molar-refractivity contribution is 5.81. The second-order valence-electron chi connectivity index (χ2n) is 4.75. The van der Waals surface area contributed by atoms with Crippen LogP contribution in [0.3, 0.4) is 0 Å². The Bertz CT molecular complexity index is 214. The molecule has 0 bridgehead atoms. The van der Waals surface area contributed by atoms with Crippen molar-refractivity contribution in [1.82, 2.24) is 10.6 Å². The van der Waals surface area contributed by atoms with Gasteiger partial charge in [-0.15, -0.1) is 0 Å². The van der Waals surface area contributed by atoms with Gasteiger partial charge < -0.3 is 5.32 Å². The molecule has 2 N–H and O–H groups in total. The van der Waals surface area contributed by atoms with Crippen molar-refractivity contribution in [1.29, 1.82) is 0 Å². The zero-order chi connectivity index (χ0) is 12.2. The molecular formula is C10H20F2N2O.